The smallest absolute Gasteiger partial charge is 0.319 e. The van der Waals surface area contributed by atoms with Gasteiger partial charge in [-0.05, 0) is 0 Å². The highest BCUT2D eigenvalue weighted by molar-refractivity contribution is 5.75. The van der Waals surface area contributed by atoms with Gasteiger partial charge in [0.1, 0.15) is 6.23 Å². The minimum absolute atomic E-state index is 0.0303. The quantitative estimate of drug-likeness (QED) is 0.630. The van der Waals surface area contributed by atoms with Crippen molar-refractivity contribution in [2.45, 2.75) is 20.1 Å². The van der Waals surface area contributed by atoms with Gasteiger partial charge in [0, 0.05) is 26.1 Å². The molecule has 12 heavy (non-hydrogen) atoms. The predicted molar refractivity (Wildman–Crippen MR) is 45.7 cm³/mol. The van der Waals surface area contributed by atoms with E-state index in [0.29, 0.717) is 0 Å². The second-order valence-electron chi connectivity index (χ2n) is 3.91. The number of hydrogen-bond donors (Lipinski definition) is 1. The van der Waals surface area contributed by atoms with Crippen molar-refractivity contribution in [2.24, 2.45) is 5.41 Å². The molecule has 1 aliphatic rings. The van der Waals surface area contributed by atoms with E-state index in [4.69, 9.17) is 4.74 Å². The molecule has 0 saturated carbocycles. The van der Waals surface area contributed by atoms with Crippen LogP contribution in [-0.4, -0.2) is 37.9 Å². The predicted octanol–water partition coefficient (Wildman–Crippen LogP) is 0.640. The molecule has 0 aliphatic carbocycles. The molecule has 70 valence electrons. The topological polar surface area (TPSA) is 41.6 Å². The Bertz CT molecular complexity index is 191. The van der Waals surface area contributed by atoms with Crippen molar-refractivity contribution < 1.29 is 9.53 Å². The van der Waals surface area contributed by atoms with E-state index in [9.17, 15) is 4.79 Å². The maximum atomic E-state index is 11.2. The van der Waals surface area contributed by atoms with Crippen molar-refractivity contribution >= 4 is 6.03 Å². The van der Waals surface area contributed by atoms with Gasteiger partial charge in [-0.2, -0.15) is 0 Å². The zero-order chi connectivity index (χ0) is 9.35. The monoisotopic (exact) mass is 172 g/mol. The van der Waals surface area contributed by atoms with Crippen LogP contribution in [0.2, 0.25) is 0 Å². The maximum absolute atomic E-state index is 11.2. The van der Waals surface area contributed by atoms with Gasteiger partial charge in [0.25, 0.3) is 0 Å². The molecule has 1 fully saturated rings. The van der Waals surface area contributed by atoms with E-state index in [-0.39, 0.29) is 17.7 Å². The Balaban J connectivity index is 2.72. The number of nitrogens with zero attached hydrogens (tertiary/aromatic N) is 1. The van der Waals surface area contributed by atoms with E-state index >= 15 is 0 Å². The maximum Gasteiger partial charge on any atom is 0.319 e. The van der Waals surface area contributed by atoms with Crippen LogP contribution in [0, 0.1) is 5.41 Å². The first kappa shape index (κ1) is 9.32. The highest BCUT2D eigenvalue weighted by Crippen LogP contribution is 2.25. The molecule has 1 saturated heterocycles. The molecular formula is C8H16N2O2. The number of hydrogen-bond acceptors (Lipinski definition) is 2. The van der Waals surface area contributed by atoms with E-state index in [1.54, 1.807) is 19.1 Å². The minimum atomic E-state index is -0.179. The van der Waals surface area contributed by atoms with Crippen molar-refractivity contribution in [1.29, 1.82) is 0 Å². The molecule has 0 spiro atoms. The van der Waals surface area contributed by atoms with Crippen LogP contribution >= 0.6 is 0 Å². The Hall–Kier alpha value is -0.770. The SMILES string of the molecule is COC1NC(=O)N(C)CC1(C)C. The third kappa shape index (κ3) is 1.53. The van der Waals surface area contributed by atoms with Crippen LogP contribution in [0.5, 0.6) is 0 Å². The first-order valence-corrected chi connectivity index (χ1v) is 4.02. The zero-order valence-corrected chi connectivity index (χ0v) is 8.05. The van der Waals surface area contributed by atoms with Crippen LogP contribution in [0.3, 0.4) is 0 Å². The number of carbonyl (C=O) groups excluding carboxylic acids is 1. The lowest BCUT2D eigenvalue weighted by molar-refractivity contribution is -0.0398. The van der Waals surface area contributed by atoms with E-state index in [1.165, 1.54) is 0 Å². The number of carbonyl (C=O) groups is 1. The van der Waals surface area contributed by atoms with Gasteiger partial charge in [-0.25, -0.2) is 4.79 Å². The lowest BCUT2D eigenvalue weighted by atomic mass is 9.89. The van der Waals surface area contributed by atoms with Gasteiger partial charge >= 0.3 is 6.03 Å². The second kappa shape index (κ2) is 2.94. The highest BCUT2D eigenvalue weighted by Gasteiger charge is 2.38. The van der Waals surface area contributed by atoms with E-state index in [0.717, 1.165) is 6.54 Å². The Kier molecular flexibility index (Phi) is 2.28. The lowest BCUT2D eigenvalue weighted by Crippen LogP contribution is -2.60. The zero-order valence-electron chi connectivity index (χ0n) is 8.05. The largest absolute Gasteiger partial charge is 0.361 e. The molecule has 1 atom stereocenters. The van der Waals surface area contributed by atoms with Gasteiger partial charge in [0.2, 0.25) is 0 Å². The van der Waals surface area contributed by atoms with E-state index < -0.39 is 0 Å². The van der Waals surface area contributed by atoms with Crippen LogP contribution in [0.25, 0.3) is 0 Å². The summed E-state index contributed by atoms with van der Waals surface area (Å²) in [6.45, 7) is 4.85. The number of nitrogens with one attached hydrogen (secondary N) is 1. The van der Waals surface area contributed by atoms with Crippen molar-refractivity contribution in [1.82, 2.24) is 10.2 Å². The molecule has 1 unspecified atom stereocenters. The first-order chi connectivity index (χ1) is 5.47. The van der Waals surface area contributed by atoms with Crippen molar-refractivity contribution in [2.75, 3.05) is 20.7 Å². The number of ether oxygens (including phenoxy) is 1. The van der Waals surface area contributed by atoms with Crippen LogP contribution in [-0.2, 0) is 4.74 Å². The Morgan fingerprint density at radius 3 is 2.75 bits per heavy atom. The number of rotatable bonds is 1. The average molecular weight is 172 g/mol. The van der Waals surface area contributed by atoms with Crippen molar-refractivity contribution in [3.63, 3.8) is 0 Å². The summed E-state index contributed by atoms with van der Waals surface area (Å²) < 4.78 is 5.17. The molecule has 0 bridgehead atoms. The summed E-state index contributed by atoms with van der Waals surface area (Å²) >= 11 is 0. The highest BCUT2D eigenvalue weighted by atomic mass is 16.5. The fourth-order valence-corrected chi connectivity index (χ4v) is 1.56. The fourth-order valence-electron chi connectivity index (χ4n) is 1.56. The van der Waals surface area contributed by atoms with Gasteiger partial charge in [0.05, 0.1) is 0 Å². The fraction of sp³-hybridized carbons (Fsp3) is 0.875. The summed E-state index contributed by atoms with van der Waals surface area (Å²) in [7, 11) is 3.39. The third-order valence-corrected chi connectivity index (χ3v) is 2.19. The number of amides is 2. The molecule has 0 radical (unpaired) electrons. The summed E-state index contributed by atoms with van der Waals surface area (Å²) in [4.78, 5) is 12.8. The molecule has 1 rings (SSSR count). The van der Waals surface area contributed by atoms with Gasteiger partial charge in [-0.3, -0.25) is 0 Å². The number of urea groups is 1. The summed E-state index contributed by atoms with van der Waals surface area (Å²) in [5, 5.41) is 2.77. The lowest BCUT2D eigenvalue weighted by Gasteiger charge is -2.42. The first-order valence-electron chi connectivity index (χ1n) is 4.02. The normalized spacial score (nSPS) is 28.5. The molecule has 1 N–H and O–H groups in total. The van der Waals surface area contributed by atoms with Crippen LogP contribution in [0.1, 0.15) is 13.8 Å². The van der Waals surface area contributed by atoms with Crippen LogP contribution in [0.4, 0.5) is 4.79 Å². The van der Waals surface area contributed by atoms with E-state index in [2.05, 4.69) is 19.2 Å². The van der Waals surface area contributed by atoms with Crippen LogP contribution < -0.4 is 5.32 Å². The molecule has 0 aromatic rings. The summed E-state index contributed by atoms with van der Waals surface area (Å²) in [5.74, 6) is 0. The summed E-state index contributed by atoms with van der Waals surface area (Å²) in [6.07, 6.45) is -0.179. The van der Waals surface area contributed by atoms with Gasteiger partial charge in [-0.15, -0.1) is 0 Å². The second-order valence-corrected chi connectivity index (χ2v) is 3.91. The van der Waals surface area contributed by atoms with Gasteiger partial charge in [0.15, 0.2) is 0 Å². The van der Waals surface area contributed by atoms with E-state index in [1.807, 2.05) is 0 Å². The Morgan fingerprint density at radius 1 is 1.67 bits per heavy atom. The standard InChI is InChI=1S/C8H16N2O2/c1-8(2)5-10(3)7(11)9-6(8)12-4/h6H,5H2,1-4H3,(H,9,11). The van der Waals surface area contributed by atoms with Gasteiger partial charge in [-0.1, -0.05) is 13.8 Å². The third-order valence-electron chi connectivity index (χ3n) is 2.19. The molecule has 4 nitrogen and oxygen atoms in total. The Morgan fingerprint density at radius 2 is 2.25 bits per heavy atom. The molecule has 0 aromatic carbocycles. The van der Waals surface area contributed by atoms with Crippen molar-refractivity contribution in [3.8, 4) is 0 Å². The molecule has 0 aromatic heterocycles. The molecular weight excluding hydrogens is 156 g/mol. The number of methoxy groups -OCH3 is 1. The average Bonchev–Trinajstić information content (AvgIpc) is 1.96. The molecule has 1 aliphatic heterocycles. The summed E-state index contributed by atoms with van der Waals surface area (Å²) in [5.41, 5.74) is -0.0303. The molecule has 2 amide bonds. The molecule has 1 heterocycles. The summed E-state index contributed by atoms with van der Waals surface area (Å²) in [6, 6.07) is -0.0684. The van der Waals surface area contributed by atoms with Crippen molar-refractivity contribution in [3.05, 3.63) is 0 Å². The minimum Gasteiger partial charge on any atom is -0.361 e. The van der Waals surface area contributed by atoms with Gasteiger partial charge < -0.3 is 15.0 Å². The Labute approximate surface area is 72.9 Å². The molecule has 4 heteroatoms. The van der Waals surface area contributed by atoms with Crippen LogP contribution in [0.15, 0.2) is 0 Å².